The topological polar surface area (TPSA) is 47.3 Å². The Morgan fingerprint density at radius 2 is 2.22 bits per heavy atom. The van der Waals surface area contributed by atoms with Crippen LogP contribution in [0.5, 0.6) is 0 Å². The van der Waals surface area contributed by atoms with E-state index in [1.165, 1.54) is 6.07 Å². The van der Waals surface area contributed by atoms with E-state index in [4.69, 9.17) is 22.2 Å². The standard InChI is InChI=1S/C13H20ClFN2O/c1-9(8-18-2)5-12(17-16)6-10-3-4-11(14)7-13(10)15/h3-4,7,9,12,17H,5-6,8,16H2,1-2H3. The largest absolute Gasteiger partial charge is 0.384 e. The van der Waals surface area contributed by atoms with Crippen LogP contribution in [0.1, 0.15) is 18.9 Å². The highest BCUT2D eigenvalue weighted by Gasteiger charge is 2.14. The predicted molar refractivity (Wildman–Crippen MR) is 71.9 cm³/mol. The van der Waals surface area contributed by atoms with Crippen molar-refractivity contribution in [3.63, 3.8) is 0 Å². The van der Waals surface area contributed by atoms with E-state index in [2.05, 4.69) is 12.3 Å². The maximum Gasteiger partial charge on any atom is 0.127 e. The van der Waals surface area contributed by atoms with E-state index in [-0.39, 0.29) is 11.9 Å². The maximum absolute atomic E-state index is 13.7. The fourth-order valence-electron chi connectivity index (χ4n) is 2.00. The number of halogens is 2. The first kappa shape index (κ1) is 15.4. The van der Waals surface area contributed by atoms with Crippen LogP contribution in [-0.4, -0.2) is 19.8 Å². The average molecular weight is 275 g/mol. The second kappa shape index (κ2) is 7.69. The van der Waals surface area contributed by atoms with Crippen molar-refractivity contribution < 1.29 is 9.13 Å². The van der Waals surface area contributed by atoms with Crippen molar-refractivity contribution in [3.8, 4) is 0 Å². The molecular weight excluding hydrogens is 255 g/mol. The minimum absolute atomic E-state index is 0.0193. The Kier molecular flexibility index (Phi) is 6.57. The van der Waals surface area contributed by atoms with E-state index in [1.807, 2.05) is 0 Å². The molecule has 0 heterocycles. The molecule has 0 saturated carbocycles. The number of methoxy groups -OCH3 is 1. The first-order chi connectivity index (χ1) is 8.56. The van der Waals surface area contributed by atoms with Gasteiger partial charge in [0.05, 0.1) is 0 Å². The summed E-state index contributed by atoms with van der Waals surface area (Å²) in [6.07, 6.45) is 1.36. The van der Waals surface area contributed by atoms with E-state index in [0.29, 0.717) is 29.5 Å². The van der Waals surface area contributed by atoms with Crippen LogP contribution in [0.4, 0.5) is 4.39 Å². The molecule has 1 rings (SSSR count). The molecule has 0 amide bonds. The molecule has 0 aliphatic rings. The molecule has 0 saturated heterocycles. The molecule has 0 aliphatic heterocycles. The number of hydrazine groups is 1. The molecule has 0 fully saturated rings. The molecule has 0 spiro atoms. The number of benzene rings is 1. The summed E-state index contributed by atoms with van der Waals surface area (Å²) >= 11 is 5.72. The molecule has 3 N–H and O–H groups in total. The molecule has 0 bridgehead atoms. The molecule has 2 unspecified atom stereocenters. The first-order valence-electron chi connectivity index (χ1n) is 5.95. The van der Waals surface area contributed by atoms with Crippen LogP contribution < -0.4 is 11.3 Å². The lowest BCUT2D eigenvalue weighted by atomic mass is 9.97. The van der Waals surface area contributed by atoms with Gasteiger partial charge >= 0.3 is 0 Å². The fraction of sp³-hybridized carbons (Fsp3) is 0.538. The van der Waals surface area contributed by atoms with Gasteiger partial charge in [-0.05, 0) is 36.5 Å². The van der Waals surface area contributed by atoms with Gasteiger partial charge in [-0.15, -0.1) is 0 Å². The van der Waals surface area contributed by atoms with Crippen molar-refractivity contribution in [1.29, 1.82) is 0 Å². The Balaban J connectivity index is 2.62. The number of hydrogen-bond acceptors (Lipinski definition) is 3. The van der Waals surface area contributed by atoms with E-state index >= 15 is 0 Å². The third-order valence-corrected chi connectivity index (χ3v) is 3.09. The smallest absolute Gasteiger partial charge is 0.127 e. The number of rotatable bonds is 7. The third-order valence-electron chi connectivity index (χ3n) is 2.86. The molecule has 1 aromatic rings. The number of nitrogens with two attached hydrogens (primary N) is 1. The molecule has 0 radical (unpaired) electrons. The molecule has 0 aliphatic carbocycles. The van der Waals surface area contributed by atoms with Crippen LogP contribution in [-0.2, 0) is 11.2 Å². The highest BCUT2D eigenvalue weighted by molar-refractivity contribution is 6.30. The molecule has 3 nitrogen and oxygen atoms in total. The van der Waals surface area contributed by atoms with Gasteiger partial charge in [-0.2, -0.15) is 0 Å². The lowest BCUT2D eigenvalue weighted by Gasteiger charge is -2.20. The molecule has 102 valence electrons. The van der Waals surface area contributed by atoms with E-state index in [9.17, 15) is 4.39 Å². The Bertz CT molecular complexity index is 376. The van der Waals surface area contributed by atoms with E-state index < -0.39 is 0 Å². The predicted octanol–water partition coefficient (Wildman–Crippen LogP) is 2.53. The van der Waals surface area contributed by atoms with Gasteiger partial charge in [0, 0.05) is 24.8 Å². The molecule has 5 heteroatoms. The van der Waals surface area contributed by atoms with Crippen LogP contribution in [0.2, 0.25) is 5.02 Å². The summed E-state index contributed by atoms with van der Waals surface area (Å²) in [6, 6.07) is 4.73. The van der Waals surface area contributed by atoms with Gasteiger partial charge in [0.1, 0.15) is 5.82 Å². The van der Waals surface area contributed by atoms with Crippen LogP contribution in [0.15, 0.2) is 18.2 Å². The molecule has 0 aromatic heterocycles. The quantitative estimate of drug-likeness (QED) is 0.593. The van der Waals surface area contributed by atoms with Crippen LogP contribution in [0.25, 0.3) is 0 Å². The van der Waals surface area contributed by atoms with Gasteiger partial charge in [-0.1, -0.05) is 24.6 Å². The van der Waals surface area contributed by atoms with Crippen molar-refractivity contribution in [2.24, 2.45) is 11.8 Å². The molecule has 2 atom stereocenters. The monoisotopic (exact) mass is 274 g/mol. The Morgan fingerprint density at radius 1 is 1.50 bits per heavy atom. The highest BCUT2D eigenvalue weighted by atomic mass is 35.5. The third kappa shape index (κ3) is 4.90. The summed E-state index contributed by atoms with van der Waals surface area (Å²) in [4.78, 5) is 0. The van der Waals surface area contributed by atoms with Crippen molar-refractivity contribution in [3.05, 3.63) is 34.6 Å². The second-order valence-corrected chi connectivity index (χ2v) is 5.04. The Morgan fingerprint density at radius 3 is 2.78 bits per heavy atom. The van der Waals surface area contributed by atoms with Gasteiger partial charge in [-0.3, -0.25) is 11.3 Å². The zero-order valence-electron chi connectivity index (χ0n) is 10.7. The molecule has 1 aromatic carbocycles. The summed E-state index contributed by atoms with van der Waals surface area (Å²) in [6.45, 7) is 2.74. The van der Waals surface area contributed by atoms with E-state index in [0.717, 1.165) is 6.42 Å². The average Bonchev–Trinajstić information content (AvgIpc) is 2.31. The summed E-state index contributed by atoms with van der Waals surface area (Å²) < 4.78 is 18.7. The van der Waals surface area contributed by atoms with Crippen LogP contribution in [0, 0.1) is 11.7 Å². The number of nitrogens with one attached hydrogen (secondary N) is 1. The van der Waals surface area contributed by atoms with Crippen molar-refractivity contribution in [1.82, 2.24) is 5.43 Å². The minimum atomic E-state index is -0.290. The van der Waals surface area contributed by atoms with Crippen LogP contribution in [0.3, 0.4) is 0 Å². The Hall–Kier alpha value is -0.680. The van der Waals surface area contributed by atoms with Gasteiger partial charge < -0.3 is 4.74 Å². The lowest BCUT2D eigenvalue weighted by Crippen LogP contribution is -2.38. The Labute approximate surface area is 112 Å². The number of ether oxygens (including phenoxy) is 1. The molecular formula is C13H20ClFN2O. The summed E-state index contributed by atoms with van der Waals surface area (Å²) in [5.74, 6) is 5.58. The van der Waals surface area contributed by atoms with Crippen LogP contribution >= 0.6 is 11.6 Å². The van der Waals surface area contributed by atoms with Gasteiger partial charge in [-0.25, -0.2) is 4.39 Å². The van der Waals surface area contributed by atoms with Crippen molar-refractivity contribution in [2.75, 3.05) is 13.7 Å². The number of hydrogen-bond donors (Lipinski definition) is 2. The van der Waals surface area contributed by atoms with Gasteiger partial charge in [0.25, 0.3) is 0 Å². The normalized spacial score (nSPS) is 14.5. The van der Waals surface area contributed by atoms with Gasteiger partial charge in [0.2, 0.25) is 0 Å². The van der Waals surface area contributed by atoms with Gasteiger partial charge in [0.15, 0.2) is 0 Å². The second-order valence-electron chi connectivity index (χ2n) is 4.60. The molecule has 18 heavy (non-hydrogen) atoms. The first-order valence-corrected chi connectivity index (χ1v) is 6.33. The fourth-order valence-corrected chi connectivity index (χ4v) is 2.16. The van der Waals surface area contributed by atoms with Crippen molar-refractivity contribution in [2.45, 2.75) is 25.8 Å². The zero-order valence-corrected chi connectivity index (χ0v) is 11.5. The van der Waals surface area contributed by atoms with Crippen molar-refractivity contribution >= 4 is 11.6 Å². The summed E-state index contributed by atoms with van der Waals surface area (Å²) in [7, 11) is 1.67. The highest BCUT2D eigenvalue weighted by Crippen LogP contribution is 2.18. The lowest BCUT2D eigenvalue weighted by molar-refractivity contribution is 0.149. The summed E-state index contributed by atoms with van der Waals surface area (Å²) in [5, 5.41) is 0.404. The SMILES string of the molecule is COCC(C)CC(Cc1ccc(Cl)cc1F)NN. The van der Waals surface area contributed by atoms with E-state index in [1.54, 1.807) is 19.2 Å². The zero-order chi connectivity index (χ0) is 13.5. The maximum atomic E-state index is 13.7. The minimum Gasteiger partial charge on any atom is -0.384 e. The summed E-state index contributed by atoms with van der Waals surface area (Å²) in [5.41, 5.74) is 3.34.